The third-order valence-electron chi connectivity index (χ3n) is 6.21. The number of carbonyl (C=O) groups excluding carboxylic acids is 1. The van der Waals surface area contributed by atoms with Crippen LogP contribution in [0.25, 0.3) is 16.9 Å². The van der Waals surface area contributed by atoms with Gasteiger partial charge in [0.05, 0.1) is 0 Å². The molecule has 0 radical (unpaired) electrons. The highest BCUT2D eigenvalue weighted by Crippen LogP contribution is 2.24. The average molecular weight is 473 g/mol. The number of hydrogen-bond donors (Lipinski definition) is 2. The number of amides is 1. The summed E-state index contributed by atoms with van der Waals surface area (Å²) in [7, 11) is 1.66. The first-order valence-corrected chi connectivity index (χ1v) is 11.6. The lowest BCUT2D eigenvalue weighted by Crippen LogP contribution is -2.26. The summed E-state index contributed by atoms with van der Waals surface area (Å²) >= 11 is 0. The van der Waals surface area contributed by atoms with Gasteiger partial charge in [0.15, 0.2) is 11.5 Å². The molecular weight excluding hydrogens is 444 g/mol. The summed E-state index contributed by atoms with van der Waals surface area (Å²) in [6, 6.07) is 11.4. The van der Waals surface area contributed by atoms with Crippen molar-refractivity contribution >= 4 is 34.4 Å². The van der Waals surface area contributed by atoms with Gasteiger partial charge in [-0.05, 0) is 62.2 Å². The lowest BCUT2D eigenvalue weighted by Gasteiger charge is -2.18. The van der Waals surface area contributed by atoms with Gasteiger partial charge in [0.2, 0.25) is 11.9 Å². The SMILES string of the molecule is CC(=O)N(C)c1cccc(-n2c3nc(Nc4ccc5c(c4)CCNC5)ncc3c(=O)n2C(C)C)n1. The van der Waals surface area contributed by atoms with Crippen molar-refractivity contribution in [3.63, 3.8) is 0 Å². The molecule has 4 aromatic rings. The van der Waals surface area contributed by atoms with Crippen LogP contribution in [0.5, 0.6) is 0 Å². The Balaban J connectivity index is 1.62. The Morgan fingerprint density at radius 3 is 2.77 bits per heavy atom. The number of nitrogens with one attached hydrogen (secondary N) is 2. The zero-order valence-corrected chi connectivity index (χ0v) is 20.2. The molecule has 0 fully saturated rings. The fourth-order valence-electron chi connectivity index (χ4n) is 4.31. The Labute approximate surface area is 202 Å². The van der Waals surface area contributed by atoms with Crippen molar-refractivity contribution in [2.24, 2.45) is 0 Å². The molecule has 5 rings (SSSR count). The van der Waals surface area contributed by atoms with E-state index < -0.39 is 0 Å². The molecular formula is C25H28N8O2. The van der Waals surface area contributed by atoms with Gasteiger partial charge in [-0.25, -0.2) is 19.3 Å². The molecule has 1 aliphatic rings. The van der Waals surface area contributed by atoms with Crippen LogP contribution in [0.2, 0.25) is 0 Å². The lowest BCUT2D eigenvalue weighted by molar-refractivity contribution is -0.116. The van der Waals surface area contributed by atoms with Gasteiger partial charge in [0.1, 0.15) is 11.2 Å². The Morgan fingerprint density at radius 2 is 2.00 bits per heavy atom. The van der Waals surface area contributed by atoms with Gasteiger partial charge in [-0.1, -0.05) is 12.1 Å². The summed E-state index contributed by atoms with van der Waals surface area (Å²) in [5, 5.41) is 7.06. The Morgan fingerprint density at radius 1 is 1.17 bits per heavy atom. The van der Waals surface area contributed by atoms with Gasteiger partial charge in [-0.2, -0.15) is 4.98 Å². The third kappa shape index (κ3) is 4.17. The molecule has 10 nitrogen and oxygen atoms in total. The van der Waals surface area contributed by atoms with E-state index in [1.54, 1.807) is 40.8 Å². The van der Waals surface area contributed by atoms with E-state index in [0.29, 0.717) is 28.6 Å². The van der Waals surface area contributed by atoms with Crippen LogP contribution < -0.4 is 21.1 Å². The molecule has 0 saturated carbocycles. The van der Waals surface area contributed by atoms with Crippen LogP contribution in [-0.4, -0.2) is 43.8 Å². The average Bonchev–Trinajstić information content (AvgIpc) is 3.15. The second-order valence-electron chi connectivity index (χ2n) is 8.95. The van der Waals surface area contributed by atoms with E-state index in [-0.39, 0.29) is 17.5 Å². The first-order chi connectivity index (χ1) is 16.8. The van der Waals surface area contributed by atoms with Crippen LogP contribution in [0.4, 0.5) is 17.5 Å². The molecule has 0 saturated heterocycles. The predicted molar refractivity (Wildman–Crippen MR) is 136 cm³/mol. The number of anilines is 3. The Kier molecular flexibility index (Phi) is 5.81. The number of pyridine rings is 1. The van der Waals surface area contributed by atoms with Crippen LogP contribution in [-0.2, 0) is 17.8 Å². The van der Waals surface area contributed by atoms with Crippen LogP contribution in [0.15, 0.2) is 47.4 Å². The molecule has 1 aromatic carbocycles. The summed E-state index contributed by atoms with van der Waals surface area (Å²) in [4.78, 5) is 40.4. The zero-order chi connectivity index (χ0) is 24.7. The molecule has 2 N–H and O–H groups in total. The van der Waals surface area contributed by atoms with Crippen LogP contribution >= 0.6 is 0 Å². The lowest BCUT2D eigenvalue weighted by atomic mass is 10.0. The summed E-state index contributed by atoms with van der Waals surface area (Å²) in [5.41, 5.74) is 3.73. The number of benzene rings is 1. The highest BCUT2D eigenvalue weighted by Gasteiger charge is 2.21. The standard InChI is InChI=1S/C25H28N8O2/c1-15(2)32-24(35)20-14-27-25(28-19-9-8-18-13-26-11-10-17(18)12-19)30-23(20)33(32)22-7-5-6-21(29-22)31(4)16(3)34/h5-9,12,14-15,26H,10-11,13H2,1-4H3,(H,27,28,30). The van der Waals surface area contributed by atoms with Gasteiger partial charge >= 0.3 is 0 Å². The predicted octanol–water partition coefficient (Wildman–Crippen LogP) is 2.93. The van der Waals surface area contributed by atoms with E-state index in [2.05, 4.69) is 32.7 Å². The normalized spacial score (nSPS) is 13.2. The fraction of sp³-hybridized carbons (Fsp3) is 0.320. The topological polar surface area (TPSA) is 110 Å². The van der Waals surface area contributed by atoms with Gasteiger partial charge < -0.3 is 15.5 Å². The van der Waals surface area contributed by atoms with Crippen molar-refractivity contribution in [3.8, 4) is 5.82 Å². The van der Waals surface area contributed by atoms with Crippen molar-refractivity contribution in [3.05, 3.63) is 64.1 Å². The van der Waals surface area contributed by atoms with Crippen molar-refractivity contribution in [1.82, 2.24) is 29.6 Å². The van der Waals surface area contributed by atoms with E-state index in [9.17, 15) is 9.59 Å². The number of carbonyl (C=O) groups is 1. The van der Waals surface area contributed by atoms with Crippen LogP contribution in [0.3, 0.4) is 0 Å². The monoisotopic (exact) mass is 472 g/mol. The minimum Gasteiger partial charge on any atom is -0.324 e. The van der Waals surface area contributed by atoms with Gasteiger partial charge in [0.25, 0.3) is 5.56 Å². The van der Waals surface area contributed by atoms with Crippen molar-refractivity contribution in [2.45, 2.75) is 39.8 Å². The highest BCUT2D eigenvalue weighted by atomic mass is 16.2. The maximum absolute atomic E-state index is 13.3. The minimum absolute atomic E-state index is 0.136. The molecule has 35 heavy (non-hydrogen) atoms. The van der Waals surface area contributed by atoms with E-state index >= 15 is 0 Å². The van der Waals surface area contributed by atoms with E-state index in [4.69, 9.17) is 4.98 Å². The van der Waals surface area contributed by atoms with Crippen LogP contribution in [0, 0.1) is 0 Å². The first kappa shape index (κ1) is 22.7. The largest absolute Gasteiger partial charge is 0.324 e. The van der Waals surface area contributed by atoms with Gasteiger partial charge in [0, 0.05) is 38.4 Å². The van der Waals surface area contributed by atoms with Gasteiger partial charge in [-0.15, -0.1) is 0 Å². The second-order valence-corrected chi connectivity index (χ2v) is 8.95. The Hall–Kier alpha value is -4.05. The number of aromatic nitrogens is 5. The van der Waals surface area contributed by atoms with Crippen LogP contribution in [0.1, 0.15) is 37.9 Å². The van der Waals surface area contributed by atoms with Crippen molar-refractivity contribution < 1.29 is 4.79 Å². The molecule has 0 unspecified atom stereocenters. The third-order valence-corrected chi connectivity index (χ3v) is 6.21. The van der Waals surface area contributed by atoms with E-state index in [0.717, 1.165) is 25.2 Å². The summed E-state index contributed by atoms with van der Waals surface area (Å²) < 4.78 is 3.31. The fourth-order valence-corrected chi connectivity index (χ4v) is 4.31. The maximum atomic E-state index is 13.3. The maximum Gasteiger partial charge on any atom is 0.278 e. The zero-order valence-electron chi connectivity index (χ0n) is 20.2. The quantitative estimate of drug-likeness (QED) is 0.460. The van der Waals surface area contributed by atoms with Gasteiger partial charge in [-0.3, -0.25) is 9.59 Å². The summed E-state index contributed by atoms with van der Waals surface area (Å²) in [6.07, 6.45) is 2.52. The van der Waals surface area contributed by atoms with E-state index in [1.165, 1.54) is 23.0 Å². The smallest absolute Gasteiger partial charge is 0.278 e. The minimum atomic E-state index is -0.199. The number of nitrogens with zero attached hydrogens (tertiary/aromatic N) is 6. The van der Waals surface area contributed by atoms with E-state index in [1.807, 2.05) is 19.9 Å². The Bertz CT molecular complexity index is 1490. The molecule has 0 spiro atoms. The van der Waals surface area contributed by atoms with Crippen molar-refractivity contribution in [1.29, 1.82) is 0 Å². The second kappa shape index (κ2) is 8.95. The first-order valence-electron chi connectivity index (χ1n) is 11.6. The molecule has 180 valence electrons. The molecule has 10 heteroatoms. The molecule has 1 amide bonds. The molecule has 0 aliphatic carbocycles. The molecule has 0 atom stereocenters. The van der Waals surface area contributed by atoms with Crippen molar-refractivity contribution in [2.75, 3.05) is 23.8 Å². The number of rotatable bonds is 5. The molecule has 4 heterocycles. The summed E-state index contributed by atoms with van der Waals surface area (Å²) in [5.74, 6) is 1.22. The number of hydrogen-bond acceptors (Lipinski definition) is 7. The number of fused-ring (bicyclic) bond motifs is 2. The highest BCUT2D eigenvalue weighted by molar-refractivity contribution is 5.89. The molecule has 1 aliphatic heterocycles. The molecule has 0 bridgehead atoms. The molecule has 3 aromatic heterocycles. The summed E-state index contributed by atoms with van der Waals surface area (Å²) in [6.45, 7) is 7.16.